The molecule has 0 aliphatic carbocycles. The first-order valence-corrected chi connectivity index (χ1v) is 6.80. The number of halogens is 2. The van der Waals surface area contributed by atoms with Gasteiger partial charge in [0, 0.05) is 22.3 Å². The van der Waals surface area contributed by atoms with Gasteiger partial charge in [-0.25, -0.2) is 4.98 Å². The number of benzene rings is 1. The fourth-order valence-corrected chi connectivity index (χ4v) is 2.36. The summed E-state index contributed by atoms with van der Waals surface area (Å²) in [6.45, 7) is 1.82. The van der Waals surface area contributed by atoms with E-state index < -0.39 is 4.92 Å². The summed E-state index contributed by atoms with van der Waals surface area (Å²) in [6, 6.07) is 6.47. The summed E-state index contributed by atoms with van der Waals surface area (Å²) in [6.07, 6.45) is 1.57. The van der Waals surface area contributed by atoms with Gasteiger partial charge >= 0.3 is 5.69 Å². The molecule has 19 heavy (non-hydrogen) atoms. The van der Waals surface area contributed by atoms with Crippen molar-refractivity contribution < 1.29 is 9.66 Å². The molecule has 0 saturated heterocycles. The lowest BCUT2D eigenvalue weighted by molar-refractivity contribution is -0.385. The van der Waals surface area contributed by atoms with Crippen LogP contribution in [0.3, 0.4) is 0 Å². The zero-order valence-electron chi connectivity index (χ0n) is 9.76. The molecule has 0 saturated carbocycles. The average molecular weight is 388 g/mol. The van der Waals surface area contributed by atoms with Gasteiger partial charge in [0.05, 0.1) is 9.40 Å². The molecule has 5 nitrogen and oxygen atoms in total. The zero-order chi connectivity index (χ0) is 14.0. The number of para-hydroxylation sites is 1. The summed E-state index contributed by atoms with van der Waals surface area (Å²) in [5, 5.41) is 11.0. The fraction of sp³-hybridized carbons (Fsp3) is 0.0833. The Labute approximate surface area is 126 Å². The molecule has 7 heteroatoms. The topological polar surface area (TPSA) is 65.3 Å². The van der Waals surface area contributed by atoms with Crippen LogP contribution in [0.1, 0.15) is 5.56 Å². The van der Waals surface area contributed by atoms with Gasteiger partial charge < -0.3 is 4.74 Å². The highest BCUT2D eigenvalue weighted by Gasteiger charge is 2.19. The monoisotopic (exact) mass is 386 g/mol. The molecule has 1 heterocycles. The molecule has 1 aromatic carbocycles. The number of pyridine rings is 1. The van der Waals surface area contributed by atoms with Crippen LogP contribution in [0.15, 0.2) is 39.4 Å². The van der Waals surface area contributed by atoms with Gasteiger partial charge in [0.2, 0.25) is 11.6 Å². The fourth-order valence-electron chi connectivity index (χ4n) is 1.47. The Morgan fingerprint density at radius 2 is 2.11 bits per heavy atom. The highest BCUT2D eigenvalue weighted by atomic mass is 79.9. The van der Waals surface area contributed by atoms with Crippen molar-refractivity contribution in [1.29, 1.82) is 0 Å². The molecular weight excluding hydrogens is 380 g/mol. The number of aryl methyl sites for hydroxylation is 1. The van der Waals surface area contributed by atoms with E-state index in [4.69, 9.17) is 4.74 Å². The van der Waals surface area contributed by atoms with Gasteiger partial charge in [0.25, 0.3) is 0 Å². The van der Waals surface area contributed by atoms with Gasteiger partial charge in [-0.05, 0) is 50.9 Å². The molecule has 0 amide bonds. The average Bonchev–Trinajstić information content (AvgIpc) is 2.34. The summed E-state index contributed by atoms with van der Waals surface area (Å²) in [5.41, 5.74) is 0.665. The van der Waals surface area contributed by atoms with Crippen LogP contribution >= 0.6 is 31.9 Å². The number of hydrogen-bond donors (Lipinski definition) is 0. The number of nitro groups is 1. The lowest BCUT2D eigenvalue weighted by atomic mass is 10.3. The number of nitro benzene ring substituents is 1. The first-order chi connectivity index (χ1) is 8.99. The molecule has 0 fully saturated rings. The molecule has 98 valence electrons. The molecular formula is C12H8Br2N2O3. The maximum Gasteiger partial charge on any atom is 0.312 e. The Balaban J connectivity index is 2.46. The Hall–Kier alpha value is -1.47. The lowest BCUT2D eigenvalue weighted by Gasteiger charge is -2.09. The minimum Gasteiger partial charge on any atom is -0.430 e. The van der Waals surface area contributed by atoms with Crippen molar-refractivity contribution in [2.75, 3.05) is 0 Å². The third kappa shape index (κ3) is 3.10. The molecule has 0 bridgehead atoms. The Kier molecular flexibility index (Phi) is 4.16. The SMILES string of the molecule is Cc1cc(Br)cnc1Oc1c(Br)cccc1[N+](=O)[O-]. The molecule has 2 rings (SSSR count). The van der Waals surface area contributed by atoms with E-state index in [9.17, 15) is 10.1 Å². The van der Waals surface area contributed by atoms with Crippen LogP contribution in [-0.4, -0.2) is 9.91 Å². The molecule has 0 atom stereocenters. The molecule has 0 aliphatic heterocycles. The van der Waals surface area contributed by atoms with Gasteiger partial charge in [-0.2, -0.15) is 0 Å². The quantitative estimate of drug-likeness (QED) is 0.569. The predicted molar refractivity (Wildman–Crippen MR) is 77.5 cm³/mol. The van der Waals surface area contributed by atoms with Crippen molar-refractivity contribution in [2.45, 2.75) is 6.92 Å². The smallest absolute Gasteiger partial charge is 0.312 e. The molecule has 0 aliphatic rings. The highest BCUT2D eigenvalue weighted by Crippen LogP contribution is 2.38. The maximum atomic E-state index is 11.0. The van der Waals surface area contributed by atoms with E-state index in [1.807, 2.05) is 13.0 Å². The number of aromatic nitrogens is 1. The van der Waals surface area contributed by atoms with E-state index in [2.05, 4.69) is 36.8 Å². The van der Waals surface area contributed by atoms with Crippen molar-refractivity contribution in [1.82, 2.24) is 4.98 Å². The Morgan fingerprint density at radius 3 is 2.74 bits per heavy atom. The lowest BCUT2D eigenvalue weighted by Crippen LogP contribution is -1.97. The van der Waals surface area contributed by atoms with Crippen LogP contribution in [0, 0.1) is 17.0 Å². The van der Waals surface area contributed by atoms with Crippen molar-refractivity contribution in [2.24, 2.45) is 0 Å². The maximum absolute atomic E-state index is 11.0. The molecule has 2 aromatic rings. The summed E-state index contributed by atoms with van der Waals surface area (Å²) >= 11 is 6.54. The van der Waals surface area contributed by atoms with Gasteiger partial charge in [-0.3, -0.25) is 10.1 Å². The Morgan fingerprint density at radius 1 is 1.37 bits per heavy atom. The Bertz CT molecular complexity index is 647. The van der Waals surface area contributed by atoms with Crippen molar-refractivity contribution in [3.8, 4) is 11.6 Å². The van der Waals surface area contributed by atoms with Crippen molar-refractivity contribution in [3.05, 3.63) is 55.1 Å². The third-order valence-electron chi connectivity index (χ3n) is 2.34. The van der Waals surface area contributed by atoms with Crippen LogP contribution in [-0.2, 0) is 0 Å². The van der Waals surface area contributed by atoms with Crippen LogP contribution in [0.5, 0.6) is 11.6 Å². The summed E-state index contributed by atoms with van der Waals surface area (Å²) in [7, 11) is 0. The largest absolute Gasteiger partial charge is 0.430 e. The van der Waals surface area contributed by atoms with Gasteiger partial charge in [0.1, 0.15) is 0 Å². The first-order valence-electron chi connectivity index (χ1n) is 5.22. The van der Waals surface area contributed by atoms with Crippen molar-refractivity contribution >= 4 is 37.5 Å². The summed E-state index contributed by atoms with van der Waals surface area (Å²) in [4.78, 5) is 14.6. The van der Waals surface area contributed by atoms with E-state index in [1.165, 1.54) is 6.07 Å². The van der Waals surface area contributed by atoms with Crippen LogP contribution < -0.4 is 4.74 Å². The second-order valence-corrected chi connectivity index (χ2v) is 5.49. The summed E-state index contributed by atoms with van der Waals surface area (Å²) in [5.74, 6) is 0.476. The molecule has 0 spiro atoms. The van der Waals surface area contributed by atoms with Crippen LogP contribution in [0.4, 0.5) is 5.69 Å². The first kappa shape index (κ1) is 14.0. The molecule has 0 unspecified atom stereocenters. The van der Waals surface area contributed by atoms with Crippen molar-refractivity contribution in [3.63, 3.8) is 0 Å². The minimum absolute atomic E-state index is 0.113. The molecule has 0 radical (unpaired) electrons. The van der Waals surface area contributed by atoms with E-state index in [-0.39, 0.29) is 11.4 Å². The highest BCUT2D eigenvalue weighted by molar-refractivity contribution is 9.10. The number of hydrogen-bond acceptors (Lipinski definition) is 4. The minimum atomic E-state index is -0.492. The number of rotatable bonds is 3. The summed E-state index contributed by atoms with van der Waals surface area (Å²) < 4.78 is 6.89. The van der Waals surface area contributed by atoms with E-state index in [1.54, 1.807) is 18.3 Å². The van der Waals surface area contributed by atoms with E-state index >= 15 is 0 Å². The second-order valence-electron chi connectivity index (χ2n) is 3.72. The predicted octanol–water partition coefficient (Wildman–Crippen LogP) is 4.62. The van der Waals surface area contributed by atoms with Crippen LogP contribution in [0.25, 0.3) is 0 Å². The zero-order valence-corrected chi connectivity index (χ0v) is 12.9. The van der Waals surface area contributed by atoms with Crippen LogP contribution in [0.2, 0.25) is 0 Å². The number of nitrogens with zero attached hydrogens (tertiary/aromatic N) is 2. The van der Waals surface area contributed by atoms with E-state index in [0.717, 1.165) is 10.0 Å². The van der Waals surface area contributed by atoms with Gasteiger partial charge in [-0.1, -0.05) is 6.07 Å². The third-order valence-corrected chi connectivity index (χ3v) is 3.40. The van der Waals surface area contributed by atoms with Gasteiger partial charge in [-0.15, -0.1) is 0 Å². The normalized spacial score (nSPS) is 10.3. The second kappa shape index (κ2) is 5.66. The molecule has 0 N–H and O–H groups in total. The van der Waals surface area contributed by atoms with E-state index in [0.29, 0.717) is 10.4 Å². The van der Waals surface area contributed by atoms with Gasteiger partial charge in [0.15, 0.2) is 0 Å². The molecule has 1 aromatic heterocycles. The standard InChI is InChI=1S/C12H8Br2N2O3/c1-7-5-8(13)6-15-12(7)19-11-9(14)3-2-4-10(11)16(17)18/h2-6H,1H3. The number of ether oxygens (including phenoxy) is 1.